The Morgan fingerprint density at radius 1 is 1.26 bits per heavy atom. The number of nitrogens with one attached hydrogen (secondary N) is 1. The predicted octanol–water partition coefficient (Wildman–Crippen LogP) is 4.04. The Hall–Kier alpha value is -3.46. The number of hydrogen-bond acceptors (Lipinski definition) is 7. The van der Waals surface area contributed by atoms with E-state index in [0.717, 1.165) is 30.3 Å². The van der Waals surface area contributed by atoms with Crippen LogP contribution < -0.4 is 10.2 Å². The van der Waals surface area contributed by atoms with Crippen molar-refractivity contribution in [2.45, 2.75) is 19.8 Å². The molecule has 0 aliphatic carbocycles. The lowest BCUT2D eigenvalue weighted by molar-refractivity contribution is 0.0976. The molecule has 3 aromatic rings. The summed E-state index contributed by atoms with van der Waals surface area (Å²) in [6, 6.07) is 10.1. The molecule has 8 nitrogen and oxygen atoms in total. The number of nitrogens with zero attached hydrogens (tertiary/aromatic N) is 3. The number of hydrogen-bond donors (Lipinski definition) is 2. The summed E-state index contributed by atoms with van der Waals surface area (Å²) in [6.07, 6.45) is 1.41. The Kier molecular flexibility index (Phi) is 7.42. The average molecular weight is 469 g/mol. The smallest absolute Gasteiger partial charge is 0.407 e. The lowest BCUT2D eigenvalue weighted by atomic mass is 9.97. The molecule has 0 unspecified atom stereocenters. The van der Waals surface area contributed by atoms with E-state index in [2.05, 4.69) is 15.2 Å². The second-order valence-electron chi connectivity index (χ2n) is 8.49. The van der Waals surface area contributed by atoms with Crippen molar-refractivity contribution in [1.82, 2.24) is 15.3 Å². The van der Waals surface area contributed by atoms with Crippen molar-refractivity contribution in [2.24, 2.45) is 5.92 Å². The molecule has 34 heavy (non-hydrogen) atoms. The van der Waals surface area contributed by atoms with Crippen LogP contribution in [0.4, 0.5) is 15.0 Å². The standard InChI is InChI=1S/C25H29FN4O4/c1-16-8-9-18-20(13-16)28-23(22-19(26)6-3-7-21(22)31)29-24(18)30-10-4-5-17(15-30)14-27-25(32)34-12-11-33-2/h3,6-9,13,17,31H,4-5,10-12,14-15H2,1-2H3,(H,27,32)/t17-/m0/s1. The maximum absolute atomic E-state index is 14.6. The number of rotatable bonds is 7. The molecule has 1 fully saturated rings. The van der Waals surface area contributed by atoms with Crippen LogP contribution in [0.3, 0.4) is 0 Å². The van der Waals surface area contributed by atoms with Crippen LogP contribution >= 0.6 is 0 Å². The monoisotopic (exact) mass is 468 g/mol. The number of benzene rings is 2. The van der Waals surface area contributed by atoms with Crippen LogP contribution in [-0.2, 0) is 9.47 Å². The third-order valence-corrected chi connectivity index (χ3v) is 5.92. The molecule has 0 spiro atoms. The van der Waals surface area contributed by atoms with Gasteiger partial charge >= 0.3 is 6.09 Å². The fraction of sp³-hybridized carbons (Fsp3) is 0.400. The van der Waals surface area contributed by atoms with Crippen molar-refractivity contribution in [3.05, 3.63) is 47.8 Å². The largest absolute Gasteiger partial charge is 0.507 e. The number of phenols is 1. The summed E-state index contributed by atoms with van der Waals surface area (Å²) in [7, 11) is 1.55. The highest BCUT2D eigenvalue weighted by Gasteiger charge is 2.25. The van der Waals surface area contributed by atoms with E-state index >= 15 is 0 Å². The van der Waals surface area contributed by atoms with Crippen molar-refractivity contribution in [1.29, 1.82) is 0 Å². The van der Waals surface area contributed by atoms with Gasteiger partial charge in [-0.05, 0) is 55.5 Å². The van der Waals surface area contributed by atoms with E-state index in [9.17, 15) is 14.3 Å². The highest BCUT2D eigenvalue weighted by Crippen LogP contribution is 2.35. The zero-order valence-corrected chi connectivity index (χ0v) is 19.4. The topological polar surface area (TPSA) is 96.8 Å². The second-order valence-corrected chi connectivity index (χ2v) is 8.49. The van der Waals surface area contributed by atoms with E-state index in [1.165, 1.54) is 18.2 Å². The Balaban J connectivity index is 1.61. The summed E-state index contributed by atoms with van der Waals surface area (Å²) in [5.74, 6) is 0.251. The molecule has 2 aromatic carbocycles. The van der Waals surface area contributed by atoms with Gasteiger partial charge in [0.15, 0.2) is 5.82 Å². The lowest BCUT2D eigenvalue weighted by Crippen LogP contribution is -2.41. The van der Waals surface area contributed by atoms with Crippen LogP contribution in [0.15, 0.2) is 36.4 Å². The quantitative estimate of drug-likeness (QED) is 0.505. The van der Waals surface area contributed by atoms with Crippen LogP contribution in [0.25, 0.3) is 22.3 Å². The van der Waals surface area contributed by atoms with Gasteiger partial charge < -0.3 is 24.8 Å². The number of piperidine rings is 1. The van der Waals surface area contributed by atoms with Gasteiger partial charge in [0, 0.05) is 32.1 Å². The van der Waals surface area contributed by atoms with Gasteiger partial charge in [-0.15, -0.1) is 0 Å². The first-order valence-electron chi connectivity index (χ1n) is 11.4. The number of halogens is 1. The average Bonchev–Trinajstić information content (AvgIpc) is 2.82. The number of fused-ring (bicyclic) bond motifs is 1. The van der Waals surface area contributed by atoms with E-state index in [0.29, 0.717) is 31.0 Å². The molecule has 0 saturated carbocycles. The Bertz CT molecular complexity index is 1150. The molecule has 1 aliphatic heterocycles. The molecule has 180 valence electrons. The van der Waals surface area contributed by atoms with E-state index < -0.39 is 11.9 Å². The van der Waals surface area contributed by atoms with E-state index in [1.54, 1.807) is 7.11 Å². The van der Waals surface area contributed by atoms with Crippen molar-refractivity contribution in [3.8, 4) is 17.1 Å². The van der Waals surface area contributed by atoms with E-state index in [-0.39, 0.29) is 29.7 Å². The van der Waals surface area contributed by atoms with Crippen molar-refractivity contribution >= 4 is 22.8 Å². The molecular weight excluding hydrogens is 439 g/mol. The zero-order chi connectivity index (χ0) is 24.1. The fourth-order valence-corrected chi connectivity index (χ4v) is 4.23. The number of carbonyl (C=O) groups excluding carboxylic acids is 1. The molecule has 4 rings (SSSR count). The highest BCUT2D eigenvalue weighted by molar-refractivity contribution is 5.92. The summed E-state index contributed by atoms with van der Waals surface area (Å²) in [5.41, 5.74) is 1.69. The molecule has 0 bridgehead atoms. The van der Waals surface area contributed by atoms with Crippen LogP contribution in [0.1, 0.15) is 18.4 Å². The van der Waals surface area contributed by atoms with Crippen molar-refractivity contribution < 1.29 is 23.8 Å². The molecule has 1 saturated heterocycles. The number of ether oxygens (including phenoxy) is 2. The van der Waals surface area contributed by atoms with Gasteiger partial charge in [-0.3, -0.25) is 0 Å². The Morgan fingerprint density at radius 3 is 2.91 bits per heavy atom. The lowest BCUT2D eigenvalue weighted by Gasteiger charge is -2.34. The Morgan fingerprint density at radius 2 is 2.12 bits per heavy atom. The predicted molar refractivity (Wildman–Crippen MR) is 127 cm³/mol. The summed E-state index contributed by atoms with van der Waals surface area (Å²) >= 11 is 0. The molecule has 0 radical (unpaired) electrons. The molecular formula is C25H29FN4O4. The van der Waals surface area contributed by atoms with Crippen LogP contribution in [0.5, 0.6) is 5.75 Å². The number of aromatic hydroxyl groups is 1. The molecule has 2 N–H and O–H groups in total. The molecule has 9 heteroatoms. The number of carbonyl (C=O) groups is 1. The number of phenolic OH excluding ortho intramolecular Hbond substituents is 1. The van der Waals surface area contributed by atoms with E-state index in [1.807, 2.05) is 25.1 Å². The maximum atomic E-state index is 14.6. The minimum absolute atomic E-state index is 0.0128. The van der Waals surface area contributed by atoms with Crippen LogP contribution in [-0.4, -0.2) is 61.1 Å². The van der Waals surface area contributed by atoms with Gasteiger partial charge in [-0.2, -0.15) is 0 Å². The van der Waals surface area contributed by atoms with Gasteiger partial charge in [0.1, 0.15) is 24.0 Å². The van der Waals surface area contributed by atoms with Gasteiger partial charge in [-0.1, -0.05) is 12.1 Å². The van der Waals surface area contributed by atoms with Gasteiger partial charge in [0.05, 0.1) is 17.7 Å². The SMILES string of the molecule is COCCOC(=O)NC[C@@H]1CCCN(c2nc(-c3c(O)cccc3F)nc3cc(C)ccc23)C1. The molecule has 2 heterocycles. The van der Waals surface area contributed by atoms with E-state index in [4.69, 9.17) is 14.5 Å². The highest BCUT2D eigenvalue weighted by atomic mass is 19.1. The molecule has 1 aliphatic rings. The first kappa shape index (κ1) is 23.7. The Labute approximate surface area is 197 Å². The summed E-state index contributed by atoms with van der Waals surface area (Å²) in [5, 5.41) is 14.0. The first-order chi connectivity index (χ1) is 16.5. The normalized spacial score (nSPS) is 16.0. The van der Waals surface area contributed by atoms with Crippen LogP contribution in [0, 0.1) is 18.7 Å². The zero-order valence-electron chi connectivity index (χ0n) is 19.4. The second kappa shape index (κ2) is 10.6. The number of anilines is 1. The fourth-order valence-electron chi connectivity index (χ4n) is 4.23. The molecule has 1 amide bonds. The first-order valence-corrected chi connectivity index (χ1v) is 11.4. The molecule has 1 atom stereocenters. The van der Waals surface area contributed by atoms with Crippen molar-refractivity contribution in [3.63, 3.8) is 0 Å². The number of aryl methyl sites for hydroxylation is 1. The number of alkyl carbamates (subject to hydrolysis) is 1. The summed E-state index contributed by atoms with van der Waals surface area (Å²) in [4.78, 5) is 23.3. The van der Waals surface area contributed by atoms with Gasteiger partial charge in [-0.25, -0.2) is 19.2 Å². The molecule has 1 aromatic heterocycles. The maximum Gasteiger partial charge on any atom is 0.407 e. The number of amides is 1. The third-order valence-electron chi connectivity index (χ3n) is 5.92. The summed E-state index contributed by atoms with van der Waals surface area (Å²) < 4.78 is 24.6. The van der Waals surface area contributed by atoms with Crippen molar-refractivity contribution in [2.75, 3.05) is 44.9 Å². The third kappa shape index (κ3) is 5.36. The van der Waals surface area contributed by atoms with Gasteiger partial charge in [0.25, 0.3) is 0 Å². The number of methoxy groups -OCH3 is 1. The number of aromatic nitrogens is 2. The van der Waals surface area contributed by atoms with Crippen LogP contribution in [0.2, 0.25) is 0 Å². The minimum Gasteiger partial charge on any atom is -0.507 e. The minimum atomic E-state index is -0.578. The summed E-state index contributed by atoms with van der Waals surface area (Å²) in [6.45, 7) is 4.45. The van der Waals surface area contributed by atoms with Gasteiger partial charge in [0.2, 0.25) is 0 Å².